The van der Waals surface area contributed by atoms with Crippen LogP contribution in [0.3, 0.4) is 0 Å². The molecular formula is C17H20FN. The van der Waals surface area contributed by atoms with E-state index in [1.165, 1.54) is 17.7 Å². The molecule has 2 rings (SSSR count). The Kier molecular flexibility index (Phi) is 4.69. The molecule has 0 aliphatic heterocycles. The highest BCUT2D eigenvalue weighted by Gasteiger charge is 2.19. The summed E-state index contributed by atoms with van der Waals surface area (Å²) in [5, 5.41) is 3.49. The molecule has 0 saturated heterocycles. The van der Waals surface area contributed by atoms with Crippen molar-refractivity contribution >= 4 is 0 Å². The number of benzene rings is 2. The van der Waals surface area contributed by atoms with E-state index in [4.69, 9.17) is 0 Å². The molecule has 2 aromatic rings. The quantitative estimate of drug-likeness (QED) is 0.843. The van der Waals surface area contributed by atoms with Gasteiger partial charge in [-0.25, -0.2) is 4.39 Å². The smallest absolute Gasteiger partial charge is 0.123 e. The summed E-state index contributed by atoms with van der Waals surface area (Å²) in [6, 6.07) is 17.4. The predicted octanol–water partition coefficient (Wildman–Crippen LogP) is 4.28. The highest BCUT2D eigenvalue weighted by Crippen LogP contribution is 2.30. The molecule has 19 heavy (non-hydrogen) atoms. The van der Waals surface area contributed by atoms with Crippen molar-refractivity contribution < 1.29 is 4.39 Å². The number of rotatable bonds is 5. The Morgan fingerprint density at radius 2 is 1.58 bits per heavy atom. The first kappa shape index (κ1) is 13.8. The molecule has 2 atom stereocenters. The molecule has 1 nitrogen and oxygen atoms in total. The van der Waals surface area contributed by atoms with E-state index in [0.717, 1.165) is 12.1 Å². The fraction of sp³-hybridized carbons (Fsp3) is 0.294. The normalized spacial score (nSPS) is 14.1. The maximum Gasteiger partial charge on any atom is 0.123 e. The summed E-state index contributed by atoms with van der Waals surface area (Å²) in [5.74, 6) is 0.151. The molecule has 0 heterocycles. The van der Waals surface area contributed by atoms with Gasteiger partial charge in [-0.1, -0.05) is 56.3 Å². The van der Waals surface area contributed by atoms with Crippen LogP contribution in [0.1, 0.15) is 36.9 Å². The van der Waals surface area contributed by atoms with Crippen molar-refractivity contribution in [3.63, 3.8) is 0 Å². The Morgan fingerprint density at radius 3 is 2.16 bits per heavy atom. The Morgan fingerprint density at radius 1 is 0.947 bits per heavy atom. The molecule has 2 heteroatoms. The van der Waals surface area contributed by atoms with Gasteiger partial charge in [-0.2, -0.15) is 0 Å². The van der Waals surface area contributed by atoms with Gasteiger partial charge in [0, 0.05) is 12.0 Å². The van der Waals surface area contributed by atoms with Gasteiger partial charge in [-0.15, -0.1) is 0 Å². The minimum Gasteiger partial charge on any atom is -0.310 e. The molecule has 0 aliphatic carbocycles. The van der Waals surface area contributed by atoms with E-state index < -0.39 is 0 Å². The SMILES string of the molecule is CCNC(c1ccc(F)cc1)C(C)c1ccccc1. The summed E-state index contributed by atoms with van der Waals surface area (Å²) in [6.45, 7) is 5.18. The lowest BCUT2D eigenvalue weighted by atomic mass is 9.88. The van der Waals surface area contributed by atoms with E-state index in [1.807, 2.05) is 18.2 Å². The van der Waals surface area contributed by atoms with Crippen LogP contribution in [0.2, 0.25) is 0 Å². The van der Waals surface area contributed by atoms with Gasteiger partial charge in [0.05, 0.1) is 0 Å². The molecule has 100 valence electrons. The minimum atomic E-state index is -0.189. The summed E-state index contributed by atoms with van der Waals surface area (Å²) in [4.78, 5) is 0. The molecule has 0 fully saturated rings. The Hall–Kier alpha value is -1.67. The first-order chi connectivity index (χ1) is 9.22. The van der Waals surface area contributed by atoms with Crippen LogP contribution in [0.5, 0.6) is 0 Å². The van der Waals surface area contributed by atoms with E-state index >= 15 is 0 Å². The molecular weight excluding hydrogens is 237 g/mol. The van der Waals surface area contributed by atoms with Gasteiger partial charge in [-0.05, 0) is 29.8 Å². The molecule has 0 amide bonds. The van der Waals surface area contributed by atoms with Crippen molar-refractivity contribution in [2.45, 2.75) is 25.8 Å². The standard InChI is InChI=1S/C17H20FN/c1-3-19-17(15-9-11-16(18)12-10-15)13(2)14-7-5-4-6-8-14/h4-13,17,19H,3H2,1-2H3. The van der Waals surface area contributed by atoms with Crippen molar-refractivity contribution in [3.05, 3.63) is 71.5 Å². The third kappa shape index (κ3) is 3.42. The third-order valence-corrected chi connectivity index (χ3v) is 3.48. The van der Waals surface area contributed by atoms with Crippen LogP contribution in [0.15, 0.2) is 54.6 Å². The van der Waals surface area contributed by atoms with Crippen molar-refractivity contribution in [3.8, 4) is 0 Å². The zero-order valence-corrected chi connectivity index (χ0v) is 11.4. The Balaban J connectivity index is 2.27. The molecule has 2 aromatic carbocycles. The van der Waals surface area contributed by atoms with E-state index in [9.17, 15) is 4.39 Å². The summed E-state index contributed by atoms with van der Waals surface area (Å²) >= 11 is 0. The summed E-state index contributed by atoms with van der Waals surface area (Å²) in [7, 11) is 0. The number of halogens is 1. The monoisotopic (exact) mass is 257 g/mol. The van der Waals surface area contributed by atoms with Crippen LogP contribution >= 0.6 is 0 Å². The molecule has 0 spiro atoms. The molecule has 1 N–H and O–H groups in total. The van der Waals surface area contributed by atoms with Crippen molar-refractivity contribution in [1.29, 1.82) is 0 Å². The fourth-order valence-corrected chi connectivity index (χ4v) is 2.42. The van der Waals surface area contributed by atoms with Crippen molar-refractivity contribution in [1.82, 2.24) is 5.32 Å². The largest absolute Gasteiger partial charge is 0.310 e. The summed E-state index contributed by atoms with van der Waals surface area (Å²) in [6.07, 6.45) is 0. The maximum atomic E-state index is 13.0. The van der Waals surface area contributed by atoms with Crippen LogP contribution in [0, 0.1) is 5.82 Å². The zero-order chi connectivity index (χ0) is 13.7. The molecule has 0 radical (unpaired) electrons. The molecule has 0 bridgehead atoms. The molecule has 0 saturated carbocycles. The molecule has 2 unspecified atom stereocenters. The Bertz CT molecular complexity index is 492. The van der Waals surface area contributed by atoms with Gasteiger partial charge in [0.2, 0.25) is 0 Å². The van der Waals surface area contributed by atoms with Gasteiger partial charge in [-0.3, -0.25) is 0 Å². The lowest BCUT2D eigenvalue weighted by Crippen LogP contribution is -2.25. The fourth-order valence-electron chi connectivity index (χ4n) is 2.42. The van der Waals surface area contributed by atoms with Gasteiger partial charge < -0.3 is 5.32 Å². The van der Waals surface area contributed by atoms with Gasteiger partial charge in [0.25, 0.3) is 0 Å². The van der Waals surface area contributed by atoms with E-state index in [0.29, 0.717) is 5.92 Å². The summed E-state index contributed by atoms with van der Waals surface area (Å²) < 4.78 is 13.0. The van der Waals surface area contributed by atoms with Gasteiger partial charge in [0.1, 0.15) is 5.82 Å². The number of hydrogen-bond acceptors (Lipinski definition) is 1. The second-order valence-electron chi connectivity index (χ2n) is 4.79. The second kappa shape index (κ2) is 6.48. The first-order valence-corrected chi connectivity index (χ1v) is 6.76. The zero-order valence-electron chi connectivity index (χ0n) is 11.4. The number of hydrogen-bond donors (Lipinski definition) is 1. The number of nitrogens with one attached hydrogen (secondary N) is 1. The lowest BCUT2D eigenvalue weighted by Gasteiger charge is -2.25. The highest BCUT2D eigenvalue weighted by molar-refractivity contribution is 5.27. The summed E-state index contributed by atoms with van der Waals surface area (Å²) in [5.41, 5.74) is 2.41. The molecule has 0 aromatic heterocycles. The average Bonchev–Trinajstić information content (AvgIpc) is 2.46. The van der Waals surface area contributed by atoms with Crippen molar-refractivity contribution in [2.75, 3.05) is 6.54 Å². The van der Waals surface area contributed by atoms with Crippen LogP contribution in [-0.4, -0.2) is 6.54 Å². The highest BCUT2D eigenvalue weighted by atomic mass is 19.1. The molecule has 0 aliphatic rings. The minimum absolute atomic E-state index is 0.189. The third-order valence-electron chi connectivity index (χ3n) is 3.48. The van der Waals surface area contributed by atoms with Crippen LogP contribution in [0.4, 0.5) is 4.39 Å². The van der Waals surface area contributed by atoms with E-state index in [2.05, 4.69) is 43.4 Å². The van der Waals surface area contributed by atoms with Crippen LogP contribution in [0.25, 0.3) is 0 Å². The Labute approximate surface area is 114 Å². The number of likely N-dealkylation sites (N-methyl/N-ethyl adjacent to an activating group) is 1. The van der Waals surface area contributed by atoms with Gasteiger partial charge >= 0.3 is 0 Å². The van der Waals surface area contributed by atoms with Gasteiger partial charge in [0.15, 0.2) is 0 Å². The van der Waals surface area contributed by atoms with E-state index in [-0.39, 0.29) is 11.9 Å². The van der Waals surface area contributed by atoms with Crippen molar-refractivity contribution in [2.24, 2.45) is 0 Å². The van der Waals surface area contributed by atoms with Crippen LogP contribution in [-0.2, 0) is 0 Å². The van der Waals surface area contributed by atoms with Crippen LogP contribution < -0.4 is 5.32 Å². The van der Waals surface area contributed by atoms with E-state index in [1.54, 1.807) is 0 Å². The lowest BCUT2D eigenvalue weighted by molar-refractivity contribution is 0.478. The average molecular weight is 257 g/mol. The first-order valence-electron chi connectivity index (χ1n) is 6.76. The topological polar surface area (TPSA) is 12.0 Å². The predicted molar refractivity (Wildman–Crippen MR) is 77.7 cm³/mol. The second-order valence-corrected chi connectivity index (χ2v) is 4.79. The maximum absolute atomic E-state index is 13.0.